The van der Waals surface area contributed by atoms with Crippen LogP contribution in [0.3, 0.4) is 0 Å². The zero-order valence-electron chi connectivity index (χ0n) is 7.97. The molecule has 0 saturated carbocycles. The second-order valence-corrected chi connectivity index (χ2v) is 3.88. The summed E-state index contributed by atoms with van der Waals surface area (Å²) in [4.78, 5) is 13.1. The van der Waals surface area contributed by atoms with Crippen molar-refractivity contribution in [2.75, 3.05) is 13.1 Å². The maximum absolute atomic E-state index is 11.2. The van der Waals surface area contributed by atoms with Crippen molar-refractivity contribution in [3.8, 4) is 0 Å². The second kappa shape index (κ2) is 3.30. The number of carbonyl (C=O) groups excluding carboxylic acids is 1. The van der Waals surface area contributed by atoms with Crippen LogP contribution in [0.5, 0.6) is 0 Å². The third-order valence-electron chi connectivity index (χ3n) is 2.90. The lowest BCUT2D eigenvalue weighted by molar-refractivity contribution is -0.125. The first kappa shape index (κ1) is 9.30. The van der Waals surface area contributed by atoms with E-state index < -0.39 is 0 Å². The average Bonchev–Trinajstić information content (AvgIpc) is 2.48. The van der Waals surface area contributed by atoms with Crippen molar-refractivity contribution < 1.29 is 4.79 Å². The lowest BCUT2D eigenvalue weighted by atomic mass is 9.87. The van der Waals surface area contributed by atoms with Gasteiger partial charge in [0.25, 0.3) is 0 Å². The highest BCUT2D eigenvalue weighted by Gasteiger charge is 2.33. The third kappa shape index (κ3) is 1.68. The maximum Gasteiger partial charge on any atom is 0.245 e. The first-order chi connectivity index (χ1) is 5.61. The minimum absolute atomic E-state index is 0.0761. The number of amides is 1. The van der Waals surface area contributed by atoms with E-state index in [1.165, 1.54) is 6.08 Å². The van der Waals surface area contributed by atoms with Crippen LogP contribution in [0.2, 0.25) is 0 Å². The summed E-state index contributed by atoms with van der Waals surface area (Å²) in [6, 6.07) is 0. The number of nitrogens with zero attached hydrogens (tertiary/aromatic N) is 1. The van der Waals surface area contributed by atoms with E-state index in [0.29, 0.717) is 5.41 Å². The van der Waals surface area contributed by atoms with Crippen molar-refractivity contribution in [2.45, 2.75) is 26.7 Å². The van der Waals surface area contributed by atoms with Crippen molar-refractivity contribution >= 4 is 5.91 Å². The Morgan fingerprint density at radius 1 is 1.75 bits per heavy atom. The predicted octanol–water partition coefficient (Wildman–Crippen LogP) is 1.82. The molecule has 0 bridgehead atoms. The van der Waals surface area contributed by atoms with Crippen LogP contribution in [0.4, 0.5) is 0 Å². The Morgan fingerprint density at radius 3 is 2.83 bits per heavy atom. The van der Waals surface area contributed by atoms with Gasteiger partial charge in [0.1, 0.15) is 0 Å². The molecule has 12 heavy (non-hydrogen) atoms. The van der Waals surface area contributed by atoms with Gasteiger partial charge in [-0.25, -0.2) is 0 Å². The summed E-state index contributed by atoms with van der Waals surface area (Å²) in [6.07, 6.45) is 3.68. The summed E-state index contributed by atoms with van der Waals surface area (Å²) in [7, 11) is 0. The standard InChI is InChI=1S/C10H17NO/c1-4-9(12)11-7-6-10(3,5-2)8-11/h4H,1,5-8H2,2-3H3/t10-/m0/s1. The van der Waals surface area contributed by atoms with Gasteiger partial charge in [-0.05, 0) is 24.3 Å². The largest absolute Gasteiger partial charge is 0.339 e. The number of hydrogen-bond donors (Lipinski definition) is 0. The molecular weight excluding hydrogens is 150 g/mol. The van der Waals surface area contributed by atoms with Crippen molar-refractivity contribution in [1.29, 1.82) is 0 Å². The van der Waals surface area contributed by atoms with E-state index in [9.17, 15) is 4.79 Å². The van der Waals surface area contributed by atoms with Gasteiger partial charge < -0.3 is 4.90 Å². The maximum atomic E-state index is 11.2. The highest BCUT2D eigenvalue weighted by Crippen LogP contribution is 2.32. The highest BCUT2D eigenvalue weighted by atomic mass is 16.2. The molecule has 1 amide bonds. The molecule has 2 heteroatoms. The molecule has 1 aliphatic heterocycles. The molecule has 1 atom stereocenters. The lowest BCUT2D eigenvalue weighted by Gasteiger charge is -2.21. The Balaban J connectivity index is 2.56. The molecule has 0 unspecified atom stereocenters. The fraction of sp³-hybridized carbons (Fsp3) is 0.700. The van der Waals surface area contributed by atoms with Gasteiger partial charge in [0, 0.05) is 13.1 Å². The van der Waals surface area contributed by atoms with E-state index in [4.69, 9.17) is 0 Å². The van der Waals surface area contributed by atoms with Crippen molar-refractivity contribution in [3.63, 3.8) is 0 Å². The van der Waals surface area contributed by atoms with Gasteiger partial charge in [-0.2, -0.15) is 0 Å². The monoisotopic (exact) mass is 167 g/mol. The van der Waals surface area contributed by atoms with Crippen LogP contribution < -0.4 is 0 Å². The van der Waals surface area contributed by atoms with Crippen LogP contribution in [0.1, 0.15) is 26.7 Å². The van der Waals surface area contributed by atoms with Gasteiger partial charge in [-0.3, -0.25) is 4.79 Å². The van der Waals surface area contributed by atoms with E-state index in [1.807, 2.05) is 4.90 Å². The molecular formula is C10H17NO. The number of rotatable bonds is 2. The Bertz CT molecular complexity index is 200. The van der Waals surface area contributed by atoms with Crippen LogP contribution in [-0.2, 0) is 4.79 Å². The summed E-state index contributed by atoms with van der Waals surface area (Å²) >= 11 is 0. The Labute approximate surface area is 74.2 Å². The molecule has 0 aliphatic carbocycles. The molecule has 0 radical (unpaired) electrons. The first-order valence-corrected chi connectivity index (χ1v) is 4.52. The van der Waals surface area contributed by atoms with Gasteiger partial charge in [0.15, 0.2) is 0 Å². The molecule has 1 heterocycles. The molecule has 1 rings (SSSR count). The van der Waals surface area contributed by atoms with Crippen LogP contribution in [0.25, 0.3) is 0 Å². The van der Waals surface area contributed by atoms with Gasteiger partial charge in [-0.15, -0.1) is 0 Å². The van der Waals surface area contributed by atoms with E-state index in [0.717, 1.165) is 25.9 Å². The molecule has 1 aliphatic rings. The van der Waals surface area contributed by atoms with E-state index >= 15 is 0 Å². The number of hydrogen-bond acceptors (Lipinski definition) is 1. The molecule has 68 valence electrons. The van der Waals surface area contributed by atoms with E-state index in [1.54, 1.807) is 0 Å². The third-order valence-corrected chi connectivity index (χ3v) is 2.90. The Morgan fingerprint density at radius 2 is 2.42 bits per heavy atom. The zero-order chi connectivity index (χ0) is 9.19. The molecule has 0 spiro atoms. The summed E-state index contributed by atoms with van der Waals surface area (Å²) in [5.41, 5.74) is 0.346. The minimum atomic E-state index is 0.0761. The van der Waals surface area contributed by atoms with Crippen LogP contribution in [-0.4, -0.2) is 23.9 Å². The normalized spacial score (nSPS) is 29.0. The van der Waals surface area contributed by atoms with Crippen molar-refractivity contribution in [1.82, 2.24) is 4.90 Å². The zero-order valence-corrected chi connectivity index (χ0v) is 7.97. The molecule has 0 aromatic rings. The average molecular weight is 167 g/mol. The summed E-state index contributed by atoms with van der Waals surface area (Å²) in [5, 5.41) is 0. The SMILES string of the molecule is C=CC(=O)N1CC[C@](C)(CC)C1. The van der Waals surface area contributed by atoms with Crippen LogP contribution in [0.15, 0.2) is 12.7 Å². The van der Waals surface area contributed by atoms with Gasteiger partial charge in [0.2, 0.25) is 5.91 Å². The molecule has 1 fully saturated rings. The quantitative estimate of drug-likeness (QED) is 0.574. The fourth-order valence-electron chi connectivity index (χ4n) is 1.63. The molecule has 0 aromatic carbocycles. The second-order valence-electron chi connectivity index (χ2n) is 3.88. The highest BCUT2D eigenvalue weighted by molar-refractivity contribution is 5.87. The lowest BCUT2D eigenvalue weighted by Crippen LogP contribution is -2.29. The van der Waals surface area contributed by atoms with E-state index in [-0.39, 0.29) is 5.91 Å². The van der Waals surface area contributed by atoms with Crippen molar-refractivity contribution in [2.24, 2.45) is 5.41 Å². The van der Waals surface area contributed by atoms with E-state index in [2.05, 4.69) is 20.4 Å². The van der Waals surface area contributed by atoms with Gasteiger partial charge >= 0.3 is 0 Å². The first-order valence-electron chi connectivity index (χ1n) is 4.52. The predicted molar refractivity (Wildman–Crippen MR) is 49.8 cm³/mol. The summed E-state index contributed by atoms with van der Waals surface area (Å²) < 4.78 is 0. The van der Waals surface area contributed by atoms with Crippen molar-refractivity contribution in [3.05, 3.63) is 12.7 Å². The topological polar surface area (TPSA) is 20.3 Å². The minimum Gasteiger partial charge on any atom is -0.339 e. The fourth-order valence-corrected chi connectivity index (χ4v) is 1.63. The smallest absolute Gasteiger partial charge is 0.245 e. The molecule has 2 nitrogen and oxygen atoms in total. The number of likely N-dealkylation sites (tertiary alicyclic amines) is 1. The summed E-state index contributed by atoms with van der Waals surface area (Å²) in [6.45, 7) is 9.70. The number of carbonyl (C=O) groups is 1. The van der Waals surface area contributed by atoms with Gasteiger partial charge in [0.05, 0.1) is 0 Å². The van der Waals surface area contributed by atoms with Crippen LogP contribution >= 0.6 is 0 Å². The Kier molecular flexibility index (Phi) is 2.55. The Hall–Kier alpha value is -0.790. The molecule has 1 saturated heterocycles. The summed E-state index contributed by atoms with van der Waals surface area (Å²) in [5.74, 6) is 0.0761. The molecule has 0 aromatic heterocycles. The molecule has 0 N–H and O–H groups in total. The van der Waals surface area contributed by atoms with Gasteiger partial charge in [-0.1, -0.05) is 20.4 Å². The van der Waals surface area contributed by atoms with Crippen LogP contribution in [0, 0.1) is 5.41 Å².